The second-order valence-corrected chi connectivity index (χ2v) is 7.19. The Morgan fingerprint density at radius 1 is 1.23 bits per heavy atom. The zero-order valence-corrected chi connectivity index (χ0v) is 15.8. The van der Waals surface area contributed by atoms with E-state index in [0.717, 1.165) is 18.7 Å². The molecule has 152 valence electrons. The Bertz CT molecular complexity index is 1200. The largest absolute Gasteiger partial charge is 0.367 e. The number of fused-ring (bicyclic) bond motifs is 1. The van der Waals surface area contributed by atoms with Gasteiger partial charge in [0.15, 0.2) is 5.65 Å². The quantitative estimate of drug-likeness (QED) is 0.368. The van der Waals surface area contributed by atoms with E-state index in [4.69, 9.17) is 0 Å². The van der Waals surface area contributed by atoms with Crippen molar-refractivity contribution in [1.29, 1.82) is 0 Å². The van der Waals surface area contributed by atoms with Crippen LogP contribution in [0.15, 0.2) is 42.2 Å². The molecule has 1 saturated carbocycles. The molecule has 3 amide bonds. The minimum atomic E-state index is -0.570. The second kappa shape index (κ2) is 7.14. The summed E-state index contributed by atoms with van der Waals surface area (Å²) < 4.78 is 15.6. The molecule has 30 heavy (non-hydrogen) atoms. The highest BCUT2D eigenvalue weighted by Gasteiger charge is 2.25. The third-order valence-electron chi connectivity index (χ3n) is 4.87. The molecule has 2 aromatic heterocycles. The van der Waals surface area contributed by atoms with E-state index in [-0.39, 0.29) is 18.1 Å². The van der Waals surface area contributed by atoms with Gasteiger partial charge in [-0.25, -0.2) is 14.2 Å². The number of halogens is 1. The van der Waals surface area contributed by atoms with E-state index < -0.39 is 11.9 Å². The minimum absolute atomic E-state index is 0.123. The lowest BCUT2D eigenvalue weighted by atomic mass is 10.2. The number of imide groups is 1. The van der Waals surface area contributed by atoms with Crippen molar-refractivity contribution in [3.63, 3.8) is 0 Å². The van der Waals surface area contributed by atoms with Crippen molar-refractivity contribution in [1.82, 2.24) is 25.2 Å². The Labute approximate surface area is 170 Å². The van der Waals surface area contributed by atoms with Crippen LogP contribution in [0.25, 0.3) is 11.7 Å². The first-order valence-corrected chi connectivity index (χ1v) is 9.53. The molecule has 0 atom stereocenters. The van der Waals surface area contributed by atoms with E-state index in [1.54, 1.807) is 28.9 Å². The maximum Gasteiger partial charge on any atom is 0.326 e. The third-order valence-corrected chi connectivity index (χ3v) is 4.87. The third kappa shape index (κ3) is 3.54. The van der Waals surface area contributed by atoms with E-state index in [9.17, 15) is 14.0 Å². The molecule has 2 fully saturated rings. The summed E-state index contributed by atoms with van der Waals surface area (Å²) in [5, 5.41) is 15.6. The number of hydrogen-bond acceptors (Lipinski definition) is 6. The van der Waals surface area contributed by atoms with Crippen LogP contribution in [0, 0.1) is 5.82 Å². The summed E-state index contributed by atoms with van der Waals surface area (Å²) in [7, 11) is 0. The lowest BCUT2D eigenvalue weighted by molar-refractivity contribution is -0.115. The van der Waals surface area contributed by atoms with Crippen LogP contribution in [-0.4, -0.2) is 32.6 Å². The first-order chi connectivity index (χ1) is 14.6. The molecule has 9 nitrogen and oxygen atoms in total. The van der Waals surface area contributed by atoms with Crippen LogP contribution in [0.4, 0.5) is 20.8 Å². The second-order valence-electron chi connectivity index (χ2n) is 7.19. The van der Waals surface area contributed by atoms with Gasteiger partial charge >= 0.3 is 6.03 Å². The number of carbonyl (C=O) groups excluding carboxylic acids is 2. The maximum absolute atomic E-state index is 13.9. The lowest BCUT2D eigenvalue weighted by Crippen LogP contribution is -2.22. The molecular formula is C20H18FN7O2. The van der Waals surface area contributed by atoms with Crippen molar-refractivity contribution in [3.05, 3.63) is 59.2 Å². The molecule has 3 aromatic rings. The standard InChI is InChI=1S/C20H18FN7O2/c21-14-4-2-1-3-11(14)9-22-16-8-17(24-13-5-6-13)28-18(26-16)12(10-23-28)7-15-19(29)27-20(30)25-15/h1-4,7-8,10,13,24H,5-6,9H2,(H,22,26)(H2,25,27,29,30)/b15-7-. The van der Waals surface area contributed by atoms with Crippen molar-refractivity contribution in [2.75, 3.05) is 10.6 Å². The molecule has 0 bridgehead atoms. The van der Waals surface area contributed by atoms with Gasteiger partial charge in [-0.1, -0.05) is 18.2 Å². The van der Waals surface area contributed by atoms with E-state index in [2.05, 4.69) is 31.3 Å². The molecule has 1 aliphatic heterocycles. The van der Waals surface area contributed by atoms with Crippen LogP contribution in [-0.2, 0) is 11.3 Å². The first kappa shape index (κ1) is 18.1. The summed E-state index contributed by atoms with van der Waals surface area (Å²) in [6.07, 6.45) is 5.25. The van der Waals surface area contributed by atoms with Gasteiger partial charge in [0.1, 0.15) is 23.1 Å². The monoisotopic (exact) mass is 407 g/mol. The SMILES string of the molecule is O=C1NC(=O)/C(=C/c2cnn3c(NC4CC4)cc(NCc4ccccc4F)nc23)N1. The van der Waals surface area contributed by atoms with Crippen molar-refractivity contribution < 1.29 is 14.0 Å². The van der Waals surface area contributed by atoms with Gasteiger partial charge in [0.2, 0.25) is 0 Å². The molecule has 2 aliphatic rings. The number of anilines is 2. The molecule has 0 unspecified atom stereocenters. The summed E-state index contributed by atoms with van der Waals surface area (Å²) in [5.41, 5.74) is 1.71. The van der Waals surface area contributed by atoms with E-state index in [1.165, 1.54) is 12.1 Å². The number of hydrogen-bond donors (Lipinski definition) is 4. The van der Waals surface area contributed by atoms with Crippen LogP contribution >= 0.6 is 0 Å². The number of nitrogens with one attached hydrogen (secondary N) is 4. The van der Waals surface area contributed by atoms with Gasteiger partial charge in [-0.15, -0.1) is 0 Å². The van der Waals surface area contributed by atoms with Gasteiger partial charge in [-0.2, -0.15) is 9.61 Å². The summed E-state index contributed by atoms with van der Waals surface area (Å²) >= 11 is 0. The number of rotatable bonds is 6. The summed E-state index contributed by atoms with van der Waals surface area (Å²) in [5.74, 6) is 0.474. The molecule has 1 aliphatic carbocycles. The molecule has 1 aromatic carbocycles. The fraction of sp³-hybridized carbons (Fsp3) is 0.200. The van der Waals surface area contributed by atoms with Crippen LogP contribution < -0.4 is 21.3 Å². The number of amides is 3. The number of nitrogens with zero attached hydrogens (tertiary/aromatic N) is 3. The Hall–Kier alpha value is -3.95. The van der Waals surface area contributed by atoms with Crippen molar-refractivity contribution >= 4 is 35.3 Å². The molecule has 1 saturated heterocycles. The molecular weight excluding hydrogens is 389 g/mol. The predicted molar refractivity (Wildman–Crippen MR) is 108 cm³/mol. The average Bonchev–Trinajstić information content (AvgIpc) is 3.36. The zero-order chi connectivity index (χ0) is 20.7. The minimum Gasteiger partial charge on any atom is -0.367 e. The molecule has 0 radical (unpaired) electrons. The molecule has 3 heterocycles. The molecule has 0 spiro atoms. The maximum atomic E-state index is 13.9. The fourth-order valence-electron chi connectivity index (χ4n) is 3.18. The van der Waals surface area contributed by atoms with Crippen LogP contribution in [0.3, 0.4) is 0 Å². The smallest absolute Gasteiger partial charge is 0.326 e. The van der Waals surface area contributed by atoms with Crippen molar-refractivity contribution in [2.45, 2.75) is 25.4 Å². The Morgan fingerprint density at radius 3 is 2.80 bits per heavy atom. The van der Waals surface area contributed by atoms with Crippen molar-refractivity contribution in [2.24, 2.45) is 0 Å². The summed E-state index contributed by atoms with van der Waals surface area (Å²) in [4.78, 5) is 27.8. The number of benzene rings is 1. The fourth-order valence-corrected chi connectivity index (χ4v) is 3.18. The van der Waals surface area contributed by atoms with E-state index >= 15 is 0 Å². The molecule has 5 rings (SSSR count). The van der Waals surface area contributed by atoms with E-state index in [1.807, 2.05) is 6.07 Å². The number of urea groups is 1. The first-order valence-electron chi connectivity index (χ1n) is 9.53. The highest BCUT2D eigenvalue weighted by molar-refractivity contribution is 6.14. The molecule has 4 N–H and O–H groups in total. The van der Waals surface area contributed by atoms with Gasteiger partial charge in [-0.05, 0) is 25.0 Å². The highest BCUT2D eigenvalue weighted by Crippen LogP contribution is 2.27. The lowest BCUT2D eigenvalue weighted by Gasteiger charge is -2.12. The normalized spacial score (nSPS) is 17.3. The van der Waals surface area contributed by atoms with Gasteiger partial charge in [0.25, 0.3) is 5.91 Å². The highest BCUT2D eigenvalue weighted by atomic mass is 19.1. The van der Waals surface area contributed by atoms with Gasteiger partial charge in [-0.3, -0.25) is 10.1 Å². The summed E-state index contributed by atoms with van der Waals surface area (Å²) in [6.45, 7) is 0.266. The van der Waals surface area contributed by atoms with Gasteiger partial charge in [0.05, 0.1) is 6.20 Å². The Balaban J connectivity index is 1.51. The Morgan fingerprint density at radius 2 is 2.07 bits per heavy atom. The van der Waals surface area contributed by atoms with Crippen LogP contribution in [0.2, 0.25) is 0 Å². The topological polar surface area (TPSA) is 112 Å². The van der Waals surface area contributed by atoms with Crippen LogP contribution in [0.1, 0.15) is 24.0 Å². The average molecular weight is 407 g/mol. The zero-order valence-electron chi connectivity index (χ0n) is 15.8. The number of aromatic nitrogens is 3. The number of carbonyl (C=O) groups is 2. The molecule has 10 heteroatoms. The van der Waals surface area contributed by atoms with Crippen LogP contribution in [0.5, 0.6) is 0 Å². The van der Waals surface area contributed by atoms with Gasteiger partial charge < -0.3 is 16.0 Å². The predicted octanol–water partition coefficient (Wildman–Crippen LogP) is 2.24. The van der Waals surface area contributed by atoms with E-state index in [0.29, 0.717) is 28.6 Å². The summed E-state index contributed by atoms with van der Waals surface area (Å²) in [6, 6.07) is 8.17. The van der Waals surface area contributed by atoms with Gasteiger partial charge in [0, 0.05) is 29.8 Å². The van der Waals surface area contributed by atoms with Crippen molar-refractivity contribution in [3.8, 4) is 0 Å². The Kier molecular flexibility index (Phi) is 4.31.